The molecular formula is C31H45N9O3. The fourth-order valence-corrected chi connectivity index (χ4v) is 6.35. The molecule has 2 aromatic heterocycles. The van der Waals surface area contributed by atoms with E-state index < -0.39 is 0 Å². The molecule has 12 nitrogen and oxygen atoms in total. The summed E-state index contributed by atoms with van der Waals surface area (Å²) in [4.78, 5) is 36.1. The second-order valence-corrected chi connectivity index (χ2v) is 12.3. The molecule has 3 aliphatic rings. The lowest BCUT2D eigenvalue weighted by molar-refractivity contribution is -0.127. The van der Waals surface area contributed by atoms with E-state index in [-0.39, 0.29) is 5.91 Å². The zero-order chi connectivity index (χ0) is 29.9. The van der Waals surface area contributed by atoms with E-state index in [1.54, 1.807) is 0 Å². The van der Waals surface area contributed by atoms with Crippen LogP contribution in [0.25, 0.3) is 11.2 Å². The van der Waals surface area contributed by atoms with Gasteiger partial charge in [0.1, 0.15) is 0 Å². The molecule has 43 heavy (non-hydrogen) atoms. The minimum Gasteiger partial charge on any atom is -0.454 e. The van der Waals surface area contributed by atoms with E-state index in [1.165, 1.54) is 5.56 Å². The van der Waals surface area contributed by atoms with Crippen LogP contribution in [-0.4, -0.2) is 111 Å². The van der Waals surface area contributed by atoms with Crippen molar-refractivity contribution < 1.29 is 14.3 Å². The Balaban J connectivity index is 1.17. The normalized spacial score (nSPS) is 17.4. The minimum atomic E-state index is 0.237. The zero-order valence-corrected chi connectivity index (χ0v) is 26.0. The van der Waals surface area contributed by atoms with Crippen LogP contribution < -0.4 is 19.7 Å². The van der Waals surface area contributed by atoms with E-state index in [0.717, 1.165) is 93.2 Å². The SMILES string of the molecule is CC(C)N(CCNc1nc(N2CCN(Cc3ccc4c(c3)OCO4)CC2)nc2c1ncn2CCN1CCCC1=O)C(C)C. The summed E-state index contributed by atoms with van der Waals surface area (Å²) in [5, 5.41) is 3.59. The molecule has 2 saturated heterocycles. The molecule has 0 radical (unpaired) electrons. The summed E-state index contributed by atoms with van der Waals surface area (Å²) in [5.41, 5.74) is 2.81. The number of aromatic nitrogens is 4. The van der Waals surface area contributed by atoms with E-state index in [9.17, 15) is 4.79 Å². The third-order valence-electron chi connectivity index (χ3n) is 8.72. The number of hydrogen-bond acceptors (Lipinski definition) is 10. The molecule has 0 bridgehead atoms. The molecule has 232 valence electrons. The van der Waals surface area contributed by atoms with Crippen molar-refractivity contribution in [3.63, 3.8) is 0 Å². The predicted molar refractivity (Wildman–Crippen MR) is 167 cm³/mol. The molecular weight excluding hydrogens is 546 g/mol. The monoisotopic (exact) mass is 591 g/mol. The van der Waals surface area contributed by atoms with Crippen LogP contribution in [0, 0.1) is 0 Å². The van der Waals surface area contributed by atoms with Crippen molar-refractivity contribution in [3.05, 3.63) is 30.1 Å². The van der Waals surface area contributed by atoms with Crippen molar-refractivity contribution in [2.24, 2.45) is 0 Å². The standard InChI is InChI=1S/C31H45N9O3/c1-22(2)40(23(3)4)11-9-32-29-28-30(39(20-33-28)17-16-37-10-5-6-27(37)41)35-31(34-29)38-14-12-36(13-15-38)19-24-7-8-25-26(18-24)43-21-42-25/h7-8,18,20,22-23H,5-6,9-17,19,21H2,1-4H3,(H,32,34,35). The summed E-state index contributed by atoms with van der Waals surface area (Å²) in [7, 11) is 0. The average Bonchev–Trinajstić information content (AvgIpc) is 3.73. The van der Waals surface area contributed by atoms with Crippen LogP contribution in [0.15, 0.2) is 24.5 Å². The van der Waals surface area contributed by atoms with Crippen LogP contribution in [0.5, 0.6) is 11.5 Å². The van der Waals surface area contributed by atoms with Gasteiger partial charge in [0.15, 0.2) is 28.5 Å². The Bertz CT molecular complexity index is 1410. The Morgan fingerprint density at radius 3 is 2.51 bits per heavy atom. The van der Waals surface area contributed by atoms with Gasteiger partial charge in [-0.05, 0) is 51.8 Å². The largest absolute Gasteiger partial charge is 0.454 e. The van der Waals surface area contributed by atoms with Crippen molar-refractivity contribution >= 4 is 28.8 Å². The van der Waals surface area contributed by atoms with Crippen molar-refractivity contribution in [1.29, 1.82) is 0 Å². The van der Waals surface area contributed by atoms with Gasteiger partial charge in [0.05, 0.1) is 6.33 Å². The van der Waals surface area contributed by atoms with Crippen molar-refractivity contribution in [1.82, 2.24) is 34.2 Å². The van der Waals surface area contributed by atoms with Gasteiger partial charge in [0, 0.05) is 84.0 Å². The van der Waals surface area contributed by atoms with Crippen LogP contribution in [0.2, 0.25) is 0 Å². The van der Waals surface area contributed by atoms with Gasteiger partial charge in [0.2, 0.25) is 18.6 Å². The molecule has 0 spiro atoms. The van der Waals surface area contributed by atoms with Gasteiger partial charge >= 0.3 is 0 Å². The number of amides is 1. The molecule has 1 amide bonds. The number of hydrogen-bond donors (Lipinski definition) is 1. The Labute approximate surface area is 254 Å². The van der Waals surface area contributed by atoms with E-state index >= 15 is 0 Å². The molecule has 0 unspecified atom stereocenters. The van der Waals surface area contributed by atoms with Crippen LogP contribution >= 0.6 is 0 Å². The highest BCUT2D eigenvalue weighted by Crippen LogP contribution is 2.33. The third-order valence-corrected chi connectivity index (χ3v) is 8.72. The first-order valence-electron chi connectivity index (χ1n) is 15.7. The fourth-order valence-electron chi connectivity index (χ4n) is 6.35. The number of ether oxygens (including phenoxy) is 2. The Kier molecular flexibility index (Phi) is 8.85. The average molecular weight is 592 g/mol. The highest BCUT2D eigenvalue weighted by Gasteiger charge is 2.24. The summed E-state index contributed by atoms with van der Waals surface area (Å²) < 4.78 is 13.1. The molecule has 3 aromatic rings. The number of imidazole rings is 1. The number of piperazine rings is 1. The molecule has 0 saturated carbocycles. The van der Waals surface area contributed by atoms with Crippen LogP contribution in [-0.2, 0) is 17.9 Å². The number of benzene rings is 1. The first-order chi connectivity index (χ1) is 20.9. The topological polar surface area (TPSA) is 104 Å². The molecule has 2 fully saturated rings. The van der Waals surface area contributed by atoms with Crippen molar-refractivity contribution in [3.8, 4) is 11.5 Å². The first kappa shape index (κ1) is 29.4. The third kappa shape index (κ3) is 6.65. The van der Waals surface area contributed by atoms with Gasteiger partial charge in [-0.2, -0.15) is 9.97 Å². The summed E-state index contributed by atoms with van der Waals surface area (Å²) in [6, 6.07) is 7.12. The smallest absolute Gasteiger partial charge is 0.231 e. The number of fused-ring (bicyclic) bond motifs is 2. The quantitative estimate of drug-likeness (QED) is 0.338. The second kappa shape index (κ2) is 12.9. The number of carbonyl (C=O) groups excluding carboxylic acids is 1. The number of nitrogens with one attached hydrogen (secondary N) is 1. The van der Waals surface area contributed by atoms with Gasteiger partial charge in [-0.3, -0.25) is 14.6 Å². The van der Waals surface area contributed by atoms with Gasteiger partial charge in [-0.25, -0.2) is 4.98 Å². The maximum atomic E-state index is 12.2. The van der Waals surface area contributed by atoms with Crippen molar-refractivity contribution in [2.45, 2.75) is 65.7 Å². The molecule has 1 aromatic carbocycles. The second-order valence-electron chi connectivity index (χ2n) is 12.3. The van der Waals surface area contributed by atoms with Gasteiger partial charge < -0.3 is 29.2 Å². The first-order valence-corrected chi connectivity index (χ1v) is 15.7. The molecule has 1 N–H and O–H groups in total. The number of carbonyl (C=O) groups is 1. The summed E-state index contributed by atoms with van der Waals surface area (Å²) in [6.07, 6.45) is 3.43. The Morgan fingerprint density at radius 1 is 0.977 bits per heavy atom. The van der Waals surface area contributed by atoms with Gasteiger partial charge in [-0.1, -0.05) is 6.07 Å². The number of anilines is 2. The lowest BCUT2D eigenvalue weighted by atomic mass is 10.1. The number of likely N-dealkylation sites (tertiary alicyclic amines) is 1. The zero-order valence-electron chi connectivity index (χ0n) is 26.0. The summed E-state index contributed by atoms with van der Waals surface area (Å²) in [5.74, 6) is 3.37. The van der Waals surface area contributed by atoms with E-state index in [0.29, 0.717) is 38.4 Å². The van der Waals surface area contributed by atoms with Crippen LogP contribution in [0.3, 0.4) is 0 Å². The highest BCUT2D eigenvalue weighted by atomic mass is 16.7. The van der Waals surface area contributed by atoms with Gasteiger partial charge in [0.25, 0.3) is 0 Å². The fraction of sp³-hybridized carbons (Fsp3) is 0.613. The van der Waals surface area contributed by atoms with Crippen LogP contribution in [0.4, 0.5) is 11.8 Å². The Hall–Kier alpha value is -3.64. The maximum absolute atomic E-state index is 12.2. The summed E-state index contributed by atoms with van der Waals surface area (Å²) >= 11 is 0. The highest BCUT2D eigenvalue weighted by molar-refractivity contribution is 5.84. The van der Waals surface area contributed by atoms with Crippen molar-refractivity contribution in [2.75, 3.05) is 69.4 Å². The van der Waals surface area contributed by atoms with Gasteiger partial charge in [-0.15, -0.1) is 0 Å². The Morgan fingerprint density at radius 2 is 1.77 bits per heavy atom. The van der Waals surface area contributed by atoms with E-state index in [1.807, 2.05) is 17.3 Å². The molecule has 3 aliphatic heterocycles. The molecule has 12 heteroatoms. The number of nitrogens with zero attached hydrogens (tertiary/aromatic N) is 8. The lowest BCUT2D eigenvalue weighted by Crippen LogP contribution is -2.46. The molecule has 5 heterocycles. The molecule has 0 atom stereocenters. The van der Waals surface area contributed by atoms with E-state index in [2.05, 4.69) is 64.4 Å². The molecule has 0 aliphatic carbocycles. The molecule has 6 rings (SSSR count). The van der Waals surface area contributed by atoms with Crippen LogP contribution in [0.1, 0.15) is 46.1 Å². The number of rotatable bonds is 12. The predicted octanol–water partition coefficient (Wildman–Crippen LogP) is 3.03. The minimum absolute atomic E-state index is 0.237. The maximum Gasteiger partial charge on any atom is 0.231 e. The lowest BCUT2D eigenvalue weighted by Gasteiger charge is -2.35. The van der Waals surface area contributed by atoms with E-state index in [4.69, 9.17) is 24.4 Å². The summed E-state index contributed by atoms with van der Waals surface area (Å²) in [6.45, 7) is 17.4.